The van der Waals surface area contributed by atoms with Crippen LogP contribution in [0.1, 0.15) is 24.8 Å². The average Bonchev–Trinajstić information content (AvgIpc) is 2.97. The highest BCUT2D eigenvalue weighted by Crippen LogP contribution is 2.41. The van der Waals surface area contributed by atoms with Crippen molar-refractivity contribution in [2.24, 2.45) is 4.99 Å². The minimum atomic E-state index is -3.10. The van der Waals surface area contributed by atoms with Gasteiger partial charge in [-0.05, 0) is 31.0 Å². The molecule has 1 aromatic carbocycles. The van der Waals surface area contributed by atoms with Gasteiger partial charge in [-0.3, -0.25) is 9.59 Å². The summed E-state index contributed by atoms with van der Waals surface area (Å²) in [6, 6.07) is 7.42. The van der Waals surface area contributed by atoms with Gasteiger partial charge >= 0.3 is 5.97 Å². The van der Waals surface area contributed by atoms with E-state index in [9.17, 15) is 18.0 Å². The van der Waals surface area contributed by atoms with Gasteiger partial charge in [0, 0.05) is 23.8 Å². The molecule has 0 bridgehead atoms. The number of anilines is 1. The van der Waals surface area contributed by atoms with Crippen molar-refractivity contribution in [2.75, 3.05) is 16.4 Å². The lowest BCUT2D eigenvalue weighted by molar-refractivity contribution is -0.137. The van der Waals surface area contributed by atoms with Crippen molar-refractivity contribution >= 4 is 44.3 Å². The number of rotatable bonds is 5. The number of sulfone groups is 1. The minimum Gasteiger partial charge on any atom is -0.481 e. The molecular weight excluding hydrogens is 376 g/mol. The Labute approximate surface area is 156 Å². The van der Waals surface area contributed by atoms with Crippen LogP contribution in [0.3, 0.4) is 0 Å². The van der Waals surface area contributed by atoms with Crippen LogP contribution in [-0.2, 0) is 19.4 Å². The molecule has 9 heteroatoms. The second-order valence-electron chi connectivity index (χ2n) is 6.54. The number of aliphatic imine (C=N–C) groups is 1. The van der Waals surface area contributed by atoms with E-state index in [4.69, 9.17) is 5.11 Å². The summed E-state index contributed by atoms with van der Waals surface area (Å²) in [5.74, 6) is -1.20. The summed E-state index contributed by atoms with van der Waals surface area (Å²) >= 11 is 1.32. The number of aryl methyl sites for hydroxylation is 1. The monoisotopic (exact) mass is 396 g/mol. The zero-order valence-corrected chi connectivity index (χ0v) is 15.9. The molecule has 2 saturated heterocycles. The molecule has 1 N–H and O–H groups in total. The second-order valence-corrected chi connectivity index (χ2v) is 9.91. The second kappa shape index (κ2) is 7.40. The number of thioether (sulfide) groups is 1. The number of amidine groups is 1. The van der Waals surface area contributed by atoms with E-state index >= 15 is 0 Å². The van der Waals surface area contributed by atoms with Crippen LogP contribution in [0.2, 0.25) is 0 Å². The molecule has 26 heavy (non-hydrogen) atoms. The van der Waals surface area contributed by atoms with Gasteiger partial charge < -0.3 is 10.0 Å². The molecule has 2 atom stereocenters. The SMILES string of the molecule is Cc1cccc(N2C(=NC(=O)CCCC(=O)O)S[C@@H]3CS(=O)(=O)C[C@H]32)c1. The third kappa shape index (κ3) is 4.27. The summed E-state index contributed by atoms with van der Waals surface area (Å²) in [5, 5.41) is 9.02. The van der Waals surface area contributed by atoms with Crippen molar-refractivity contribution in [3.8, 4) is 0 Å². The highest BCUT2D eigenvalue weighted by molar-refractivity contribution is 8.16. The van der Waals surface area contributed by atoms with Gasteiger partial charge in [-0.15, -0.1) is 0 Å². The first-order valence-corrected chi connectivity index (χ1v) is 11.0. The Morgan fingerprint density at radius 2 is 2.08 bits per heavy atom. The van der Waals surface area contributed by atoms with Crippen LogP contribution in [0.15, 0.2) is 29.3 Å². The topological polar surface area (TPSA) is 104 Å². The highest BCUT2D eigenvalue weighted by Gasteiger charge is 2.49. The van der Waals surface area contributed by atoms with Crippen molar-refractivity contribution in [1.82, 2.24) is 0 Å². The molecule has 0 unspecified atom stereocenters. The summed E-state index contributed by atoms with van der Waals surface area (Å²) < 4.78 is 24.0. The van der Waals surface area contributed by atoms with Gasteiger partial charge in [0.1, 0.15) is 0 Å². The van der Waals surface area contributed by atoms with Crippen LogP contribution in [0.5, 0.6) is 0 Å². The number of carboxylic acids is 1. The van der Waals surface area contributed by atoms with Crippen molar-refractivity contribution in [1.29, 1.82) is 0 Å². The maximum atomic E-state index is 12.1. The fraction of sp³-hybridized carbons (Fsp3) is 0.471. The van der Waals surface area contributed by atoms with E-state index in [1.165, 1.54) is 11.8 Å². The molecule has 1 amide bonds. The number of amides is 1. The van der Waals surface area contributed by atoms with Crippen molar-refractivity contribution < 1.29 is 23.1 Å². The van der Waals surface area contributed by atoms with Gasteiger partial charge in [0.15, 0.2) is 15.0 Å². The first kappa shape index (κ1) is 18.9. The summed E-state index contributed by atoms with van der Waals surface area (Å²) in [7, 11) is -3.10. The average molecular weight is 396 g/mol. The van der Waals surface area contributed by atoms with Crippen LogP contribution in [-0.4, -0.2) is 53.4 Å². The van der Waals surface area contributed by atoms with Crippen LogP contribution in [0.25, 0.3) is 0 Å². The predicted molar refractivity (Wildman–Crippen MR) is 101 cm³/mol. The largest absolute Gasteiger partial charge is 0.481 e. The molecule has 3 rings (SSSR count). The number of nitrogens with zero attached hydrogens (tertiary/aromatic N) is 2. The van der Waals surface area contributed by atoms with Crippen molar-refractivity contribution in [2.45, 2.75) is 37.5 Å². The van der Waals surface area contributed by atoms with Crippen LogP contribution in [0.4, 0.5) is 5.69 Å². The third-order valence-electron chi connectivity index (χ3n) is 4.35. The summed E-state index contributed by atoms with van der Waals surface area (Å²) in [6.45, 7) is 1.95. The Bertz CT molecular complexity index is 866. The number of carbonyl (C=O) groups is 2. The van der Waals surface area contributed by atoms with E-state index in [1.54, 1.807) is 0 Å². The smallest absolute Gasteiger partial charge is 0.303 e. The number of aliphatic carboxylic acids is 1. The first-order valence-electron chi connectivity index (χ1n) is 8.31. The minimum absolute atomic E-state index is 0.0465. The van der Waals surface area contributed by atoms with Crippen LogP contribution >= 0.6 is 11.8 Å². The number of hydrogen-bond donors (Lipinski definition) is 1. The van der Waals surface area contributed by atoms with Gasteiger partial charge in [0.25, 0.3) is 0 Å². The van der Waals surface area contributed by atoms with Gasteiger partial charge in [-0.25, -0.2) is 8.42 Å². The quantitative estimate of drug-likeness (QED) is 0.810. The molecule has 0 saturated carbocycles. The Kier molecular flexibility index (Phi) is 5.38. The van der Waals surface area contributed by atoms with Crippen molar-refractivity contribution in [3.63, 3.8) is 0 Å². The van der Waals surface area contributed by atoms with Crippen LogP contribution < -0.4 is 4.90 Å². The normalized spacial score (nSPS) is 25.4. The van der Waals surface area contributed by atoms with E-state index in [0.29, 0.717) is 5.17 Å². The summed E-state index contributed by atoms with van der Waals surface area (Å²) in [4.78, 5) is 28.7. The first-order chi connectivity index (χ1) is 12.2. The lowest BCUT2D eigenvalue weighted by Crippen LogP contribution is -2.37. The zero-order chi connectivity index (χ0) is 18.9. The van der Waals surface area contributed by atoms with Gasteiger partial charge in [0.2, 0.25) is 5.91 Å². The van der Waals surface area contributed by atoms with Gasteiger partial charge in [-0.1, -0.05) is 23.9 Å². The Balaban J connectivity index is 1.85. The molecule has 140 valence electrons. The van der Waals surface area contributed by atoms with Gasteiger partial charge in [-0.2, -0.15) is 4.99 Å². The molecule has 2 aliphatic rings. The highest BCUT2D eigenvalue weighted by atomic mass is 32.2. The van der Waals surface area contributed by atoms with E-state index in [1.807, 2.05) is 36.1 Å². The molecule has 0 radical (unpaired) electrons. The molecule has 0 spiro atoms. The molecular formula is C17H20N2O5S2. The number of benzene rings is 1. The molecule has 2 fully saturated rings. The van der Waals surface area contributed by atoms with E-state index in [2.05, 4.69) is 4.99 Å². The molecule has 0 aliphatic carbocycles. The van der Waals surface area contributed by atoms with E-state index in [0.717, 1.165) is 11.3 Å². The van der Waals surface area contributed by atoms with E-state index < -0.39 is 15.8 Å². The molecule has 1 aromatic rings. The van der Waals surface area contributed by atoms with E-state index in [-0.39, 0.29) is 48.0 Å². The zero-order valence-electron chi connectivity index (χ0n) is 14.3. The number of fused-ring (bicyclic) bond motifs is 1. The van der Waals surface area contributed by atoms with Crippen molar-refractivity contribution in [3.05, 3.63) is 29.8 Å². The van der Waals surface area contributed by atoms with Crippen LogP contribution in [0, 0.1) is 6.92 Å². The lowest BCUT2D eigenvalue weighted by Gasteiger charge is -2.24. The maximum Gasteiger partial charge on any atom is 0.303 e. The third-order valence-corrected chi connectivity index (χ3v) is 7.56. The standard InChI is InChI=1S/C17H20N2O5S2/c1-11-4-2-5-12(8-11)19-13-9-26(23,24)10-14(13)25-17(19)18-15(20)6-3-7-16(21)22/h2,4-5,8,13-14H,3,6-7,9-10H2,1H3,(H,21,22)/t13-,14-/m1/s1. The summed E-state index contributed by atoms with van der Waals surface area (Å²) in [5.41, 5.74) is 1.85. The fourth-order valence-corrected chi connectivity index (χ4v) is 7.13. The lowest BCUT2D eigenvalue weighted by atomic mass is 10.1. The Morgan fingerprint density at radius 1 is 1.31 bits per heavy atom. The molecule has 2 heterocycles. The fourth-order valence-electron chi connectivity index (χ4n) is 3.20. The molecule has 2 aliphatic heterocycles. The Hall–Kier alpha value is -1.87. The maximum absolute atomic E-state index is 12.1. The summed E-state index contributed by atoms with van der Waals surface area (Å²) in [6.07, 6.45) is 0.224. The molecule has 0 aromatic heterocycles. The predicted octanol–water partition coefficient (Wildman–Crippen LogP) is 1.85. The Morgan fingerprint density at radius 3 is 2.77 bits per heavy atom. The number of carboxylic acid groups (broad SMARTS) is 1. The van der Waals surface area contributed by atoms with Gasteiger partial charge in [0.05, 0.1) is 17.5 Å². The number of hydrogen-bond acceptors (Lipinski definition) is 5. The molecule has 7 nitrogen and oxygen atoms in total. The number of carbonyl (C=O) groups excluding carboxylic acids is 1.